The van der Waals surface area contributed by atoms with Crippen LogP contribution in [0.15, 0.2) is 67.3 Å². The zero-order chi connectivity index (χ0) is 20.2. The molecule has 0 atom stereocenters. The van der Waals surface area contributed by atoms with Gasteiger partial charge in [0.15, 0.2) is 0 Å². The van der Waals surface area contributed by atoms with Crippen molar-refractivity contribution in [2.45, 2.75) is 19.9 Å². The minimum atomic E-state index is -0.125. The van der Waals surface area contributed by atoms with E-state index in [1.807, 2.05) is 54.1 Å². The van der Waals surface area contributed by atoms with Crippen LogP contribution in [0.5, 0.6) is 0 Å². The molecule has 0 aliphatic rings. The third-order valence-corrected chi connectivity index (χ3v) is 5.11. The number of benzene rings is 2. The van der Waals surface area contributed by atoms with Gasteiger partial charge in [-0.1, -0.05) is 35.9 Å². The van der Waals surface area contributed by atoms with Crippen molar-refractivity contribution in [1.82, 2.24) is 19.9 Å². The zero-order valence-electron chi connectivity index (χ0n) is 16.1. The molecule has 2 aromatic heterocycles. The van der Waals surface area contributed by atoms with Gasteiger partial charge in [0.1, 0.15) is 0 Å². The SMILES string of the molecule is Cc1ccccc1-c1cc(C(=O)NCCCn2ccnc2)c2cc(Cl)ccc2n1. The molecular formula is C23H21ClN4O. The van der Waals surface area contributed by atoms with Crippen molar-refractivity contribution in [2.75, 3.05) is 6.54 Å². The summed E-state index contributed by atoms with van der Waals surface area (Å²) >= 11 is 6.19. The van der Waals surface area contributed by atoms with Crippen molar-refractivity contribution in [2.24, 2.45) is 0 Å². The Balaban J connectivity index is 1.63. The fraction of sp³-hybridized carbons (Fsp3) is 0.174. The summed E-state index contributed by atoms with van der Waals surface area (Å²) in [7, 11) is 0. The summed E-state index contributed by atoms with van der Waals surface area (Å²) < 4.78 is 1.99. The average molecular weight is 405 g/mol. The number of carbonyl (C=O) groups excluding carboxylic acids is 1. The quantitative estimate of drug-likeness (QED) is 0.466. The van der Waals surface area contributed by atoms with Crippen LogP contribution in [0, 0.1) is 6.92 Å². The highest BCUT2D eigenvalue weighted by molar-refractivity contribution is 6.31. The number of halogens is 1. The van der Waals surface area contributed by atoms with Crippen LogP contribution in [0.1, 0.15) is 22.3 Å². The highest BCUT2D eigenvalue weighted by Gasteiger charge is 2.15. The van der Waals surface area contributed by atoms with E-state index in [2.05, 4.69) is 10.3 Å². The normalized spacial score (nSPS) is 11.0. The van der Waals surface area contributed by atoms with E-state index < -0.39 is 0 Å². The number of hydrogen-bond donors (Lipinski definition) is 1. The van der Waals surface area contributed by atoms with Crippen LogP contribution in [0.2, 0.25) is 5.02 Å². The van der Waals surface area contributed by atoms with E-state index >= 15 is 0 Å². The fourth-order valence-electron chi connectivity index (χ4n) is 3.36. The molecule has 146 valence electrons. The molecule has 0 saturated carbocycles. The van der Waals surface area contributed by atoms with Crippen LogP contribution in [-0.2, 0) is 6.54 Å². The van der Waals surface area contributed by atoms with Crippen molar-refractivity contribution in [3.8, 4) is 11.3 Å². The molecular weight excluding hydrogens is 384 g/mol. The Morgan fingerprint density at radius 2 is 2.03 bits per heavy atom. The number of nitrogens with one attached hydrogen (secondary N) is 1. The maximum Gasteiger partial charge on any atom is 0.252 e. The molecule has 4 aromatic rings. The van der Waals surface area contributed by atoms with Crippen LogP contribution in [0.3, 0.4) is 0 Å². The standard InChI is InChI=1S/C23H21ClN4O/c1-16-5-2-3-6-18(16)22-14-20(19-13-17(24)7-8-21(19)27-22)23(29)26-9-4-11-28-12-10-25-15-28/h2-3,5-8,10,12-15H,4,9,11H2,1H3,(H,26,29). The van der Waals surface area contributed by atoms with Crippen molar-refractivity contribution in [3.63, 3.8) is 0 Å². The predicted molar refractivity (Wildman–Crippen MR) is 116 cm³/mol. The first-order valence-electron chi connectivity index (χ1n) is 9.52. The molecule has 0 aliphatic heterocycles. The first-order valence-corrected chi connectivity index (χ1v) is 9.90. The Morgan fingerprint density at radius 3 is 2.83 bits per heavy atom. The van der Waals surface area contributed by atoms with Gasteiger partial charge in [-0.25, -0.2) is 9.97 Å². The molecule has 2 aromatic carbocycles. The van der Waals surface area contributed by atoms with Gasteiger partial charge >= 0.3 is 0 Å². The van der Waals surface area contributed by atoms with E-state index in [0.29, 0.717) is 17.1 Å². The molecule has 6 heteroatoms. The van der Waals surface area contributed by atoms with Gasteiger partial charge in [-0.15, -0.1) is 0 Å². The number of imidazole rings is 1. The lowest BCUT2D eigenvalue weighted by Gasteiger charge is -2.12. The smallest absolute Gasteiger partial charge is 0.252 e. The molecule has 0 radical (unpaired) electrons. The topological polar surface area (TPSA) is 59.8 Å². The predicted octanol–water partition coefficient (Wildman–Crippen LogP) is 4.88. The Labute approximate surface area is 174 Å². The molecule has 0 bridgehead atoms. The minimum Gasteiger partial charge on any atom is -0.352 e. The van der Waals surface area contributed by atoms with Crippen molar-refractivity contribution < 1.29 is 4.79 Å². The summed E-state index contributed by atoms with van der Waals surface area (Å²) in [5.41, 5.74) is 4.23. The van der Waals surface area contributed by atoms with Gasteiger partial charge in [0.2, 0.25) is 0 Å². The third-order valence-electron chi connectivity index (χ3n) is 4.87. The lowest BCUT2D eigenvalue weighted by atomic mass is 10.0. The summed E-state index contributed by atoms with van der Waals surface area (Å²) in [6, 6.07) is 15.3. The molecule has 29 heavy (non-hydrogen) atoms. The summed E-state index contributed by atoms with van der Waals surface area (Å²) in [5.74, 6) is -0.125. The van der Waals surface area contributed by atoms with Crippen molar-refractivity contribution >= 4 is 28.4 Å². The number of carbonyl (C=O) groups is 1. The van der Waals surface area contributed by atoms with Gasteiger partial charge in [0, 0.05) is 41.5 Å². The molecule has 1 N–H and O–H groups in total. The highest BCUT2D eigenvalue weighted by Crippen LogP contribution is 2.28. The molecule has 0 saturated heterocycles. The number of amides is 1. The molecule has 4 rings (SSSR count). The van der Waals surface area contributed by atoms with Crippen LogP contribution in [0.4, 0.5) is 0 Å². The van der Waals surface area contributed by atoms with Crippen molar-refractivity contribution in [3.05, 3.63) is 83.4 Å². The van der Waals surface area contributed by atoms with Gasteiger partial charge in [0.25, 0.3) is 5.91 Å². The number of hydrogen-bond acceptors (Lipinski definition) is 3. The summed E-state index contributed by atoms with van der Waals surface area (Å²) in [5, 5.41) is 4.36. The van der Waals surface area contributed by atoms with E-state index in [1.54, 1.807) is 24.7 Å². The first-order chi connectivity index (χ1) is 14.1. The van der Waals surface area contributed by atoms with Gasteiger partial charge in [-0.05, 0) is 43.2 Å². The Kier molecular flexibility index (Phi) is 5.58. The molecule has 5 nitrogen and oxygen atoms in total. The molecule has 0 spiro atoms. The number of aromatic nitrogens is 3. The third kappa shape index (κ3) is 4.30. The number of rotatable bonds is 6. The Hall–Kier alpha value is -3.18. The summed E-state index contributed by atoms with van der Waals surface area (Å²) in [4.78, 5) is 21.8. The lowest BCUT2D eigenvalue weighted by molar-refractivity contribution is 0.0954. The van der Waals surface area contributed by atoms with Gasteiger partial charge in [0.05, 0.1) is 23.1 Å². The monoisotopic (exact) mass is 404 g/mol. The minimum absolute atomic E-state index is 0.125. The van der Waals surface area contributed by atoms with E-state index in [-0.39, 0.29) is 5.91 Å². The van der Waals surface area contributed by atoms with Crippen LogP contribution < -0.4 is 5.32 Å². The number of aryl methyl sites for hydroxylation is 2. The molecule has 1 amide bonds. The maximum atomic E-state index is 13.0. The zero-order valence-corrected chi connectivity index (χ0v) is 16.9. The molecule has 0 unspecified atom stereocenters. The van der Waals surface area contributed by atoms with E-state index in [4.69, 9.17) is 16.6 Å². The Bertz CT molecular complexity index is 1150. The van der Waals surface area contributed by atoms with Crippen LogP contribution >= 0.6 is 11.6 Å². The second-order valence-electron chi connectivity index (χ2n) is 6.94. The van der Waals surface area contributed by atoms with Crippen molar-refractivity contribution in [1.29, 1.82) is 0 Å². The van der Waals surface area contributed by atoms with Crippen LogP contribution in [-0.4, -0.2) is 27.0 Å². The lowest BCUT2D eigenvalue weighted by Crippen LogP contribution is -2.25. The average Bonchev–Trinajstić information content (AvgIpc) is 3.24. The molecule has 2 heterocycles. The van der Waals surface area contributed by atoms with Gasteiger partial charge in [-0.2, -0.15) is 0 Å². The van der Waals surface area contributed by atoms with Gasteiger partial charge < -0.3 is 9.88 Å². The molecule has 0 aliphatic carbocycles. The van der Waals surface area contributed by atoms with Gasteiger partial charge in [-0.3, -0.25) is 4.79 Å². The fourth-order valence-corrected chi connectivity index (χ4v) is 3.53. The number of fused-ring (bicyclic) bond motifs is 1. The maximum absolute atomic E-state index is 13.0. The van der Waals surface area contributed by atoms with E-state index in [9.17, 15) is 4.79 Å². The van der Waals surface area contributed by atoms with Crippen LogP contribution in [0.25, 0.3) is 22.2 Å². The summed E-state index contributed by atoms with van der Waals surface area (Å²) in [6.45, 7) is 3.41. The van der Waals surface area contributed by atoms with E-state index in [1.165, 1.54) is 0 Å². The number of pyridine rings is 1. The highest BCUT2D eigenvalue weighted by atomic mass is 35.5. The summed E-state index contributed by atoms with van der Waals surface area (Å²) in [6.07, 6.45) is 6.25. The number of nitrogens with zero attached hydrogens (tertiary/aromatic N) is 3. The largest absolute Gasteiger partial charge is 0.352 e. The second-order valence-corrected chi connectivity index (χ2v) is 7.38. The first kappa shape index (κ1) is 19.2. The van der Waals surface area contributed by atoms with E-state index in [0.717, 1.165) is 40.7 Å². The Morgan fingerprint density at radius 1 is 1.17 bits per heavy atom. The molecule has 0 fully saturated rings. The second kappa shape index (κ2) is 8.45.